The lowest BCUT2D eigenvalue weighted by atomic mass is 9.93. The van der Waals surface area contributed by atoms with Crippen molar-refractivity contribution in [1.29, 1.82) is 0 Å². The minimum absolute atomic E-state index is 0.0249. The normalized spacial score (nSPS) is 12.5. The average Bonchev–Trinajstić information content (AvgIpc) is 2.57. The molecule has 3 aromatic rings. The van der Waals surface area contributed by atoms with Gasteiger partial charge < -0.3 is 4.57 Å². The Labute approximate surface area is 130 Å². The van der Waals surface area contributed by atoms with Crippen LogP contribution in [-0.2, 0) is 6.54 Å². The van der Waals surface area contributed by atoms with E-state index in [-0.39, 0.29) is 11.5 Å². The molecule has 0 fully saturated rings. The molecule has 0 N–H and O–H groups in total. The van der Waals surface area contributed by atoms with Crippen LogP contribution in [0.25, 0.3) is 11.0 Å². The van der Waals surface area contributed by atoms with Crippen molar-refractivity contribution in [1.82, 2.24) is 9.55 Å². The summed E-state index contributed by atoms with van der Waals surface area (Å²) in [6.45, 7) is 4.76. The van der Waals surface area contributed by atoms with Crippen LogP contribution < -0.4 is 5.56 Å². The van der Waals surface area contributed by atoms with E-state index in [1.807, 2.05) is 54.0 Å². The van der Waals surface area contributed by atoms with E-state index in [1.165, 1.54) is 0 Å². The molecule has 3 nitrogen and oxygen atoms in total. The number of hydrogen-bond acceptors (Lipinski definition) is 2. The first-order valence-electron chi connectivity index (χ1n) is 7.80. The number of aromatic nitrogens is 2. The van der Waals surface area contributed by atoms with Gasteiger partial charge in [0.25, 0.3) is 5.56 Å². The molecule has 1 atom stereocenters. The van der Waals surface area contributed by atoms with Gasteiger partial charge in [-0.05, 0) is 31.0 Å². The second-order valence-corrected chi connectivity index (χ2v) is 5.41. The Hall–Kier alpha value is -2.42. The Morgan fingerprint density at radius 2 is 1.68 bits per heavy atom. The molecule has 3 heteroatoms. The summed E-state index contributed by atoms with van der Waals surface area (Å²) in [5.41, 5.74) is 3.61. The van der Waals surface area contributed by atoms with Crippen molar-refractivity contribution in [3.05, 3.63) is 76.2 Å². The zero-order chi connectivity index (χ0) is 15.5. The lowest BCUT2D eigenvalue weighted by Gasteiger charge is -2.17. The highest BCUT2D eigenvalue weighted by atomic mass is 16.1. The Morgan fingerprint density at radius 1 is 1.00 bits per heavy atom. The molecule has 0 radical (unpaired) electrons. The quantitative estimate of drug-likeness (QED) is 0.729. The van der Waals surface area contributed by atoms with Crippen molar-refractivity contribution < 1.29 is 0 Å². The van der Waals surface area contributed by atoms with Crippen LogP contribution in [0, 0.1) is 0 Å². The zero-order valence-corrected chi connectivity index (χ0v) is 13.0. The van der Waals surface area contributed by atoms with Crippen LogP contribution in [0.3, 0.4) is 0 Å². The minimum atomic E-state index is 0.0249. The van der Waals surface area contributed by atoms with E-state index in [0.29, 0.717) is 12.2 Å². The molecular weight excluding hydrogens is 272 g/mol. The summed E-state index contributed by atoms with van der Waals surface area (Å²) in [7, 11) is 0. The second-order valence-electron chi connectivity index (χ2n) is 5.41. The summed E-state index contributed by atoms with van der Waals surface area (Å²) in [6, 6.07) is 18.0. The number of fused-ring (bicyclic) bond motifs is 1. The molecule has 1 heterocycles. The van der Waals surface area contributed by atoms with E-state index in [1.54, 1.807) is 0 Å². The molecule has 0 spiro atoms. The van der Waals surface area contributed by atoms with Crippen molar-refractivity contribution >= 4 is 11.0 Å². The Morgan fingerprint density at radius 3 is 2.36 bits per heavy atom. The molecule has 112 valence electrons. The molecule has 2 aromatic carbocycles. The first-order valence-corrected chi connectivity index (χ1v) is 7.80. The zero-order valence-electron chi connectivity index (χ0n) is 13.0. The Kier molecular flexibility index (Phi) is 4.05. The predicted molar refractivity (Wildman–Crippen MR) is 90.3 cm³/mol. The highest BCUT2D eigenvalue weighted by Gasteiger charge is 2.19. The monoisotopic (exact) mass is 292 g/mol. The van der Waals surface area contributed by atoms with Crippen molar-refractivity contribution in [2.75, 3.05) is 0 Å². The average molecular weight is 292 g/mol. The third-order valence-electron chi connectivity index (χ3n) is 4.13. The first kappa shape index (κ1) is 14.5. The molecule has 22 heavy (non-hydrogen) atoms. The van der Waals surface area contributed by atoms with E-state index in [4.69, 9.17) is 4.98 Å². The summed E-state index contributed by atoms with van der Waals surface area (Å²) in [4.78, 5) is 17.6. The largest absolute Gasteiger partial charge is 0.305 e. The smallest absolute Gasteiger partial charge is 0.273 e. The van der Waals surface area contributed by atoms with Crippen LogP contribution in [0.1, 0.15) is 37.4 Å². The van der Waals surface area contributed by atoms with Gasteiger partial charge in [0.1, 0.15) is 5.69 Å². The van der Waals surface area contributed by atoms with Crippen molar-refractivity contribution in [2.45, 2.75) is 32.7 Å². The fraction of sp³-hybridized carbons (Fsp3) is 0.263. The van der Waals surface area contributed by atoms with Gasteiger partial charge in [-0.15, -0.1) is 0 Å². The molecule has 0 saturated heterocycles. The molecule has 0 aliphatic heterocycles. The molecule has 0 aliphatic carbocycles. The van der Waals surface area contributed by atoms with Gasteiger partial charge >= 0.3 is 0 Å². The van der Waals surface area contributed by atoms with E-state index < -0.39 is 0 Å². The van der Waals surface area contributed by atoms with Crippen molar-refractivity contribution in [3.8, 4) is 0 Å². The Balaban J connectivity index is 2.26. The summed E-state index contributed by atoms with van der Waals surface area (Å²) in [5.74, 6) is 0.0381. The number of aryl methyl sites for hydroxylation is 1. The highest BCUT2D eigenvalue weighted by molar-refractivity contribution is 5.74. The predicted octanol–water partition coefficient (Wildman–Crippen LogP) is 3.96. The molecule has 1 unspecified atom stereocenters. The molecule has 1 aromatic heterocycles. The number of rotatable bonds is 4. The lowest BCUT2D eigenvalue weighted by Crippen LogP contribution is -2.27. The summed E-state index contributed by atoms with van der Waals surface area (Å²) in [5, 5.41) is 0. The van der Waals surface area contributed by atoms with Gasteiger partial charge in [-0.1, -0.05) is 49.4 Å². The fourth-order valence-corrected chi connectivity index (χ4v) is 3.03. The van der Waals surface area contributed by atoms with Crippen LogP contribution in [0.4, 0.5) is 0 Å². The maximum atomic E-state index is 12.9. The summed E-state index contributed by atoms with van der Waals surface area (Å²) in [6.07, 6.45) is 0.855. The molecule has 0 saturated carbocycles. The van der Waals surface area contributed by atoms with E-state index in [9.17, 15) is 4.79 Å². The first-order chi connectivity index (χ1) is 10.8. The van der Waals surface area contributed by atoms with Crippen molar-refractivity contribution in [3.63, 3.8) is 0 Å². The third-order valence-corrected chi connectivity index (χ3v) is 4.13. The number of nitrogens with zero attached hydrogens (tertiary/aromatic N) is 2. The molecule has 0 bridgehead atoms. The van der Waals surface area contributed by atoms with Crippen LogP contribution in [0.5, 0.6) is 0 Å². The van der Waals surface area contributed by atoms with Gasteiger partial charge in [-0.3, -0.25) is 4.79 Å². The second kappa shape index (κ2) is 6.14. The van der Waals surface area contributed by atoms with Gasteiger partial charge in [0.05, 0.1) is 11.0 Å². The molecule has 3 rings (SSSR count). The minimum Gasteiger partial charge on any atom is -0.305 e. The maximum absolute atomic E-state index is 12.9. The summed E-state index contributed by atoms with van der Waals surface area (Å²) >= 11 is 0. The SMILES string of the molecule is CCC(c1ccccc1)c1nc2ccccc2n(CC)c1=O. The standard InChI is InChI=1S/C19H20N2O/c1-3-15(14-10-6-5-7-11-14)18-19(22)21(4-2)17-13-9-8-12-16(17)20-18/h5-13,15H,3-4H2,1-2H3. The Bertz CT molecular complexity index is 837. The van der Waals surface area contributed by atoms with Gasteiger partial charge in [0.2, 0.25) is 0 Å². The van der Waals surface area contributed by atoms with E-state index in [0.717, 1.165) is 23.0 Å². The van der Waals surface area contributed by atoms with Gasteiger partial charge in [0.15, 0.2) is 0 Å². The lowest BCUT2D eigenvalue weighted by molar-refractivity contribution is 0.686. The number of hydrogen-bond donors (Lipinski definition) is 0. The molecule has 0 amide bonds. The van der Waals surface area contributed by atoms with Gasteiger partial charge in [0, 0.05) is 12.5 Å². The fourth-order valence-electron chi connectivity index (χ4n) is 3.03. The van der Waals surface area contributed by atoms with E-state index >= 15 is 0 Å². The highest BCUT2D eigenvalue weighted by Crippen LogP contribution is 2.25. The number of para-hydroxylation sites is 2. The summed E-state index contributed by atoms with van der Waals surface area (Å²) < 4.78 is 1.82. The van der Waals surface area contributed by atoms with Gasteiger partial charge in [-0.2, -0.15) is 0 Å². The van der Waals surface area contributed by atoms with Gasteiger partial charge in [-0.25, -0.2) is 4.98 Å². The number of benzene rings is 2. The maximum Gasteiger partial charge on any atom is 0.273 e. The topological polar surface area (TPSA) is 34.9 Å². The van der Waals surface area contributed by atoms with Crippen LogP contribution in [-0.4, -0.2) is 9.55 Å². The molecular formula is C19H20N2O. The molecule has 0 aliphatic rings. The third kappa shape index (κ3) is 2.43. The van der Waals surface area contributed by atoms with Crippen LogP contribution >= 0.6 is 0 Å². The van der Waals surface area contributed by atoms with E-state index in [2.05, 4.69) is 19.1 Å². The van der Waals surface area contributed by atoms with Crippen molar-refractivity contribution in [2.24, 2.45) is 0 Å². The van der Waals surface area contributed by atoms with Crippen LogP contribution in [0.2, 0.25) is 0 Å². The van der Waals surface area contributed by atoms with Crippen LogP contribution in [0.15, 0.2) is 59.4 Å².